The SMILES string of the molecule is O=C1CN(c2ccc(O)cc2)C(=O)N1CCS(=O)(=O)Oc1ccccc1. The Morgan fingerprint density at radius 1 is 1.00 bits per heavy atom. The maximum Gasteiger partial charge on any atom is 0.331 e. The molecule has 0 atom stereocenters. The lowest BCUT2D eigenvalue weighted by Gasteiger charge is -2.17. The molecule has 3 amide bonds. The highest BCUT2D eigenvalue weighted by Crippen LogP contribution is 2.23. The van der Waals surface area contributed by atoms with Crippen LogP contribution in [0.15, 0.2) is 54.6 Å². The van der Waals surface area contributed by atoms with E-state index in [0.29, 0.717) is 5.69 Å². The number of rotatable bonds is 6. The summed E-state index contributed by atoms with van der Waals surface area (Å²) in [6, 6.07) is 13.2. The van der Waals surface area contributed by atoms with Gasteiger partial charge in [0, 0.05) is 12.2 Å². The van der Waals surface area contributed by atoms with E-state index in [9.17, 15) is 23.1 Å². The Kier molecular flexibility index (Phi) is 4.81. The molecule has 1 aliphatic heterocycles. The smallest absolute Gasteiger partial charge is 0.331 e. The fourth-order valence-electron chi connectivity index (χ4n) is 2.46. The molecule has 1 aliphatic rings. The van der Waals surface area contributed by atoms with Crippen LogP contribution >= 0.6 is 0 Å². The Morgan fingerprint density at radius 3 is 2.31 bits per heavy atom. The van der Waals surface area contributed by atoms with E-state index >= 15 is 0 Å². The molecule has 0 unspecified atom stereocenters. The molecule has 9 heteroatoms. The van der Waals surface area contributed by atoms with E-state index in [2.05, 4.69) is 0 Å². The summed E-state index contributed by atoms with van der Waals surface area (Å²) >= 11 is 0. The minimum Gasteiger partial charge on any atom is -0.508 e. The molecular weight excluding hydrogens is 360 g/mol. The van der Waals surface area contributed by atoms with Crippen LogP contribution in [0, 0.1) is 0 Å². The van der Waals surface area contributed by atoms with Crippen molar-refractivity contribution in [2.75, 3.05) is 23.7 Å². The Morgan fingerprint density at radius 2 is 1.65 bits per heavy atom. The standard InChI is InChI=1S/C17H16N2O6S/c20-14-8-6-13(7-9-14)19-12-16(21)18(17(19)22)10-11-26(23,24)25-15-4-2-1-3-5-15/h1-9,20H,10-12H2. The van der Waals surface area contributed by atoms with E-state index in [-0.39, 0.29) is 24.6 Å². The summed E-state index contributed by atoms with van der Waals surface area (Å²) in [4.78, 5) is 26.6. The molecule has 1 fully saturated rings. The van der Waals surface area contributed by atoms with E-state index < -0.39 is 27.8 Å². The first kappa shape index (κ1) is 17.7. The van der Waals surface area contributed by atoms with Crippen LogP contribution in [0.25, 0.3) is 0 Å². The second-order valence-corrected chi connectivity index (χ2v) is 7.28. The van der Waals surface area contributed by atoms with Gasteiger partial charge in [0.25, 0.3) is 5.91 Å². The van der Waals surface area contributed by atoms with Gasteiger partial charge in [-0.1, -0.05) is 18.2 Å². The van der Waals surface area contributed by atoms with Gasteiger partial charge in [-0.25, -0.2) is 4.79 Å². The van der Waals surface area contributed by atoms with Gasteiger partial charge in [-0.3, -0.25) is 14.6 Å². The van der Waals surface area contributed by atoms with Crippen LogP contribution in [0.2, 0.25) is 0 Å². The van der Waals surface area contributed by atoms with Crippen LogP contribution in [-0.4, -0.2) is 49.2 Å². The maximum absolute atomic E-state index is 12.4. The monoisotopic (exact) mass is 376 g/mol. The number of imide groups is 1. The van der Waals surface area contributed by atoms with Crippen LogP contribution in [-0.2, 0) is 14.9 Å². The van der Waals surface area contributed by atoms with Crippen molar-refractivity contribution in [3.05, 3.63) is 54.6 Å². The highest BCUT2D eigenvalue weighted by molar-refractivity contribution is 7.87. The molecule has 0 aliphatic carbocycles. The number of phenolic OH excluding ortho intramolecular Hbond substituents is 1. The third-order valence-electron chi connectivity index (χ3n) is 3.75. The lowest BCUT2D eigenvalue weighted by Crippen LogP contribution is -2.37. The lowest BCUT2D eigenvalue weighted by atomic mass is 10.3. The van der Waals surface area contributed by atoms with Crippen LogP contribution in [0.1, 0.15) is 0 Å². The number of carbonyl (C=O) groups is 2. The molecular formula is C17H16N2O6S. The van der Waals surface area contributed by atoms with E-state index in [4.69, 9.17) is 4.18 Å². The number of para-hydroxylation sites is 1. The topological polar surface area (TPSA) is 104 Å². The Bertz CT molecular complexity index is 912. The van der Waals surface area contributed by atoms with Crippen molar-refractivity contribution < 1.29 is 27.3 Å². The van der Waals surface area contributed by atoms with Crippen molar-refractivity contribution in [1.82, 2.24) is 4.90 Å². The van der Waals surface area contributed by atoms with Gasteiger partial charge in [0.2, 0.25) is 0 Å². The first-order chi connectivity index (χ1) is 12.4. The van der Waals surface area contributed by atoms with Crippen molar-refractivity contribution in [3.63, 3.8) is 0 Å². The molecule has 3 rings (SSSR count). The molecule has 0 bridgehead atoms. The molecule has 0 radical (unpaired) electrons. The van der Waals surface area contributed by atoms with Gasteiger partial charge in [0.15, 0.2) is 0 Å². The highest BCUT2D eigenvalue weighted by Gasteiger charge is 2.37. The molecule has 8 nitrogen and oxygen atoms in total. The third-order valence-corrected chi connectivity index (χ3v) is 4.88. The fourth-order valence-corrected chi connectivity index (χ4v) is 3.36. The van der Waals surface area contributed by atoms with Crippen molar-refractivity contribution in [3.8, 4) is 11.5 Å². The summed E-state index contributed by atoms with van der Waals surface area (Å²) in [5, 5.41) is 9.30. The number of nitrogens with zero attached hydrogens (tertiary/aromatic N) is 2. The van der Waals surface area contributed by atoms with Gasteiger partial charge in [-0.2, -0.15) is 8.42 Å². The Hall–Kier alpha value is -3.07. The third kappa shape index (κ3) is 3.94. The van der Waals surface area contributed by atoms with Crippen molar-refractivity contribution in [2.24, 2.45) is 0 Å². The summed E-state index contributed by atoms with van der Waals surface area (Å²) in [5.74, 6) is -0.814. The molecule has 1 N–H and O–H groups in total. The predicted molar refractivity (Wildman–Crippen MR) is 93.4 cm³/mol. The van der Waals surface area contributed by atoms with Crippen LogP contribution in [0.4, 0.5) is 10.5 Å². The van der Waals surface area contributed by atoms with Gasteiger partial charge >= 0.3 is 16.1 Å². The van der Waals surface area contributed by atoms with Gasteiger partial charge in [0.05, 0.1) is 0 Å². The van der Waals surface area contributed by atoms with Gasteiger partial charge in [-0.05, 0) is 36.4 Å². The minimum atomic E-state index is -3.95. The highest BCUT2D eigenvalue weighted by atomic mass is 32.2. The summed E-state index contributed by atoms with van der Waals surface area (Å²) in [5.41, 5.74) is 0.437. The van der Waals surface area contributed by atoms with E-state index in [1.807, 2.05) is 0 Å². The summed E-state index contributed by atoms with van der Waals surface area (Å²) in [6.07, 6.45) is 0. The molecule has 1 heterocycles. The molecule has 2 aromatic rings. The molecule has 2 aromatic carbocycles. The predicted octanol–water partition coefficient (Wildman–Crippen LogP) is 1.57. The first-order valence-electron chi connectivity index (χ1n) is 7.74. The van der Waals surface area contributed by atoms with E-state index in [1.165, 1.54) is 41.3 Å². The normalized spacial score (nSPS) is 14.8. The average Bonchev–Trinajstić information content (AvgIpc) is 2.88. The van der Waals surface area contributed by atoms with Gasteiger partial charge < -0.3 is 9.29 Å². The second-order valence-electron chi connectivity index (χ2n) is 5.59. The Balaban J connectivity index is 1.65. The number of carbonyl (C=O) groups excluding carboxylic acids is 2. The first-order valence-corrected chi connectivity index (χ1v) is 9.31. The van der Waals surface area contributed by atoms with E-state index in [1.54, 1.807) is 18.2 Å². The number of anilines is 1. The number of hydrogen-bond donors (Lipinski definition) is 1. The van der Waals surface area contributed by atoms with Crippen LogP contribution < -0.4 is 9.08 Å². The molecule has 1 saturated heterocycles. The minimum absolute atomic E-state index is 0.0349. The van der Waals surface area contributed by atoms with Crippen molar-refractivity contribution in [2.45, 2.75) is 0 Å². The number of amides is 3. The zero-order chi connectivity index (χ0) is 18.7. The molecule has 26 heavy (non-hydrogen) atoms. The van der Waals surface area contributed by atoms with E-state index in [0.717, 1.165) is 4.90 Å². The number of phenols is 1. The number of benzene rings is 2. The molecule has 0 saturated carbocycles. The zero-order valence-corrected chi connectivity index (χ0v) is 14.4. The second kappa shape index (κ2) is 7.04. The van der Waals surface area contributed by atoms with Crippen LogP contribution in [0.5, 0.6) is 11.5 Å². The summed E-state index contributed by atoms with van der Waals surface area (Å²) in [7, 11) is -3.95. The van der Waals surface area contributed by atoms with Crippen molar-refractivity contribution in [1.29, 1.82) is 0 Å². The molecule has 136 valence electrons. The summed E-state index contributed by atoms with van der Waals surface area (Å²) in [6.45, 7) is -0.495. The summed E-state index contributed by atoms with van der Waals surface area (Å²) < 4.78 is 29.0. The van der Waals surface area contributed by atoms with Gasteiger partial charge in [-0.15, -0.1) is 0 Å². The molecule has 0 aromatic heterocycles. The maximum atomic E-state index is 12.4. The zero-order valence-electron chi connectivity index (χ0n) is 13.6. The van der Waals surface area contributed by atoms with Crippen LogP contribution in [0.3, 0.4) is 0 Å². The Labute approximate surface area is 150 Å². The van der Waals surface area contributed by atoms with Gasteiger partial charge in [0.1, 0.15) is 23.8 Å². The number of urea groups is 1. The quantitative estimate of drug-likeness (QED) is 0.606. The molecule has 0 spiro atoms. The lowest BCUT2D eigenvalue weighted by molar-refractivity contribution is -0.124. The average molecular weight is 376 g/mol. The number of hydrogen-bond acceptors (Lipinski definition) is 6. The fraction of sp³-hybridized carbons (Fsp3) is 0.176. The number of aromatic hydroxyl groups is 1. The largest absolute Gasteiger partial charge is 0.508 e. The van der Waals surface area contributed by atoms with Crippen molar-refractivity contribution >= 4 is 27.7 Å².